The number of benzene rings is 1. The third-order valence-electron chi connectivity index (χ3n) is 11.9. The number of carbonyl (C=O) groups is 3. The molecule has 1 aromatic rings. The van der Waals surface area contributed by atoms with Gasteiger partial charge in [-0.05, 0) is 72.6 Å². The van der Waals surface area contributed by atoms with E-state index in [-0.39, 0.29) is 29.7 Å². The Balaban J connectivity index is 1.30. The second-order valence-electron chi connectivity index (χ2n) is 14.6. The molecular weight excluding hydrogens is 532 g/mol. The summed E-state index contributed by atoms with van der Waals surface area (Å²) in [6, 6.07) is 5.72. The summed E-state index contributed by atoms with van der Waals surface area (Å²) in [4.78, 5) is 42.8. The zero-order valence-electron chi connectivity index (χ0n) is 25.2. The zero-order chi connectivity index (χ0) is 29.1. The van der Waals surface area contributed by atoms with Crippen LogP contribution in [0.5, 0.6) is 0 Å². The molecule has 0 amide bonds. The van der Waals surface area contributed by atoms with Gasteiger partial charge in [0.1, 0.15) is 23.0 Å². The van der Waals surface area contributed by atoms with Crippen LogP contribution in [0.3, 0.4) is 0 Å². The quantitative estimate of drug-likeness (QED) is 0.296. The van der Waals surface area contributed by atoms with Gasteiger partial charge in [0.25, 0.3) is 0 Å². The minimum absolute atomic E-state index is 0.0225. The predicted octanol–water partition coefficient (Wildman–Crippen LogP) is 7.76. The van der Waals surface area contributed by atoms with Crippen LogP contribution < -0.4 is 0 Å². The molecule has 3 aliphatic carbocycles. The fraction of sp³-hybridized carbons (Fsp3) is 0.694. The Morgan fingerprint density at radius 3 is 2.49 bits per heavy atom. The highest BCUT2D eigenvalue weighted by molar-refractivity contribution is 6.30. The molecule has 2 aliphatic heterocycles. The van der Waals surface area contributed by atoms with E-state index < -0.39 is 29.5 Å². The lowest BCUT2D eigenvalue weighted by atomic mass is 9.67. The van der Waals surface area contributed by atoms with E-state index in [4.69, 9.17) is 16.3 Å². The number of hydrogen-bond acceptors (Lipinski definition) is 4. The average Bonchev–Trinajstić information content (AvgIpc) is 3.55. The van der Waals surface area contributed by atoms with Crippen LogP contribution in [0.15, 0.2) is 30.4 Å². The second kappa shape index (κ2) is 11.4. The van der Waals surface area contributed by atoms with E-state index in [0.717, 1.165) is 42.7 Å². The summed E-state index contributed by atoms with van der Waals surface area (Å²) in [5, 5.41) is 0.615. The number of carbonyl (C=O) groups excluding carboxylic acids is 3. The molecule has 3 saturated carbocycles. The Labute approximate surface area is 251 Å². The second-order valence-corrected chi connectivity index (χ2v) is 15.1. The molecule has 1 spiro atoms. The van der Waals surface area contributed by atoms with Crippen LogP contribution in [0.4, 0.5) is 0 Å². The molecule has 0 N–H and O–H groups in total. The Morgan fingerprint density at radius 1 is 1.00 bits per heavy atom. The molecule has 222 valence electrons. The average molecular weight is 579 g/mol. The van der Waals surface area contributed by atoms with Crippen molar-refractivity contribution in [2.75, 3.05) is 0 Å². The molecule has 4 nitrogen and oxygen atoms in total. The van der Waals surface area contributed by atoms with E-state index >= 15 is 0 Å². The SMILES string of the molecule is Cc1cc(Cl)cc(CC(=O)C2C3C=CC4(O3)C(C(=O)CC3CCCC(C)C3C)C(CC3CCC(C)CC3)C(=O)C24)c1. The first-order valence-corrected chi connectivity index (χ1v) is 16.7. The van der Waals surface area contributed by atoms with Crippen LogP contribution in [0.1, 0.15) is 89.7 Å². The summed E-state index contributed by atoms with van der Waals surface area (Å²) in [5.41, 5.74) is 0.920. The molecule has 5 aliphatic rings. The van der Waals surface area contributed by atoms with Crippen LogP contribution >= 0.6 is 11.6 Å². The standard InChI is InChI=1S/C36H47ClO4/c1-20-8-10-24(11-9-20)17-28-33(30(39)19-26-7-5-6-22(3)23(26)4)36-13-12-31(41-36)32(34(36)35(28)40)29(38)18-25-14-21(2)15-27(37)16-25/h12-16,20,22-24,26,28,31-34H,5-11,17-19H2,1-4H3. The first-order valence-electron chi connectivity index (χ1n) is 16.3. The van der Waals surface area contributed by atoms with E-state index in [1.807, 2.05) is 37.3 Å². The number of halogens is 1. The lowest BCUT2D eigenvalue weighted by molar-refractivity contribution is -0.136. The van der Waals surface area contributed by atoms with E-state index in [2.05, 4.69) is 20.8 Å². The molecule has 1 aromatic carbocycles. The normalized spacial score (nSPS) is 41.5. The molecular formula is C36H47ClO4. The van der Waals surface area contributed by atoms with Crippen molar-refractivity contribution in [1.82, 2.24) is 0 Å². The van der Waals surface area contributed by atoms with Crippen molar-refractivity contribution in [3.8, 4) is 0 Å². The Morgan fingerprint density at radius 2 is 1.76 bits per heavy atom. The van der Waals surface area contributed by atoms with Gasteiger partial charge in [-0.2, -0.15) is 0 Å². The molecule has 6 rings (SSSR count). The van der Waals surface area contributed by atoms with Gasteiger partial charge < -0.3 is 4.74 Å². The number of ketones is 3. The number of Topliss-reactive ketones (excluding diaryl/α,β-unsaturated/α-hetero) is 3. The van der Waals surface area contributed by atoms with Gasteiger partial charge in [-0.15, -0.1) is 0 Å². The van der Waals surface area contributed by atoms with Crippen LogP contribution in [0.25, 0.3) is 0 Å². The Hall–Kier alpha value is -1.78. The topological polar surface area (TPSA) is 60.4 Å². The van der Waals surface area contributed by atoms with Crippen LogP contribution in [-0.2, 0) is 25.5 Å². The number of rotatable bonds is 8. The maximum Gasteiger partial charge on any atom is 0.144 e. The molecule has 2 heterocycles. The maximum absolute atomic E-state index is 14.5. The molecule has 2 bridgehead atoms. The van der Waals surface area contributed by atoms with Gasteiger partial charge in [0.2, 0.25) is 0 Å². The van der Waals surface area contributed by atoms with Gasteiger partial charge in [0, 0.05) is 23.8 Å². The van der Waals surface area contributed by atoms with E-state index in [9.17, 15) is 14.4 Å². The van der Waals surface area contributed by atoms with Gasteiger partial charge >= 0.3 is 0 Å². The molecule has 41 heavy (non-hydrogen) atoms. The molecule has 1 saturated heterocycles. The molecule has 9 unspecified atom stereocenters. The third-order valence-corrected chi connectivity index (χ3v) is 12.1. The molecule has 9 atom stereocenters. The lowest BCUT2D eigenvalue weighted by Gasteiger charge is -2.37. The fourth-order valence-corrected chi connectivity index (χ4v) is 9.81. The molecule has 0 aromatic heterocycles. The van der Waals surface area contributed by atoms with Crippen molar-refractivity contribution in [2.45, 2.75) is 104 Å². The first-order chi connectivity index (χ1) is 19.6. The number of hydrogen-bond donors (Lipinski definition) is 0. The minimum atomic E-state index is -0.959. The minimum Gasteiger partial charge on any atom is -0.361 e. The van der Waals surface area contributed by atoms with Crippen molar-refractivity contribution >= 4 is 29.0 Å². The number of ether oxygens (including phenoxy) is 1. The summed E-state index contributed by atoms with van der Waals surface area (Å²) >= 11 is 6.30. The van der Waals surface area contributed by atoms with Gasteiger partial charge in [0.15, 0.2) is 0 Å². The summed E-state index contributed by atoms with van der Waals surface area (Å²) in [6.45, 7) is 8.89. The van der Waals surface area contributed by atoms with Crippen LogP contribution in [0, 0.1) is 60.2 Å². The van der Waals surface area contributed by atoms with Crippen molar-refractivity contribution < 1.29 is 19.1 Å². The summed E-state index contributed by atoms with van der Waals surface area (Å²) < 4.78 is 6.68. The van der Waals surface area contributed by atoms with Gasteiger partial charge in [-0.3, -0.25) is 14.4 Å². The smallest absolute Gasteiger partial charge is 0.144 e. The van der Waals surface area contributed by atoms with Crippen LogP contribution in [-0.4, -0.2) is 29.1 Å². The highest BCUT2D eigenvalue weighted by Gasteiger charge is 2.72. The van der Waals surface area contributed by atoms with Crippen LogP contribution in [0.2, 0.25) is 5.02 Å². The predicted molar refractivity (Wildman–Crippen MR) is 162 cm³/mol. The summed E-state index contributed by atoms with van der Waals surface area (Å²) in [5.74, 6) is 1.08. The lowest BCUT2D eigenvalue weighted by Crippen LogP contribution is -2.44. The Bertz CT molecular complexity index is 1210. The van der Waals surface area contributed by atoms with E-state index in [1.165, 1.54) is 25.7 Å². The molecule has 0 radical (unpaired) electrons. The zero-order valence-corrected chi connectivity index (χ0v) is 26.0. The highest BCUT2D eigenvalue weighted by Crippen LogP contribution is 2.61. The van der Waals surface area contributed by atoms with E-state index in [1.54, 1.807) is 0 Å². The monoisotopic (exact) mass is 578 g/mol. The van der Waals surface area contributed by atoms with Gasteiger partial charge in [-0.25, -0.2) is 0 Å². The molecule has 4 fully saturated rings. The van der Waals surface area contributed by atoms with E-state index in [0.29, 0.717) is 35.1 Å². The fourth-order valence-electron chi connectivity index (χ4n) is 9.50. The Kier molecular flexibility index (Phi) is 8.13. The summed E-state index contributed by atoms with van der Waals surface area (Å²) in [7, 11) is 0. The van der Waals surface area contributed by atoms with Crippen molar-refractivity contribution in [3.05, 3.63) is 46.5 Å². The third kappa shape index (κ3) is 5.30. The van der Waals surface area contributed by atoms with Crippen molar-refractivity contribution in [3.63, 3.8) is 0 Å². The summed E-state index contributed by atoms with van der Waals surface area (Å²) in [6.07, 6.45) is 13.2. The molecule has 5 heteroatoms. The van der Waals surface area contributed by atoms with Gasteiger partial charge in [0.05, 0.1) is 23.9 Å². The van der Waals surface area contributed by atoms with Crippen molar-refractivity contribution in [2.24, 2.45) is 53.3 Å². The van der Waals surface area contributed by atoms with Crippen molar-refractivity contribution in [1.29, 1.82) is 0 Å². The number of aryl methyl sites for hydroxylation is 1. The largest absolute Gasteiger partial charge is 0.361 e. The number of fused-ring (bicyclic) bond motifs is 1. The first kappa shape index (κ1) is 29.3. The van der Waals surface area contributed by atoms with Gasteiger partial charge in [-0.1, -0.05) is 89.1 Å². The highest BCUT2D eigenvalue weighted by atomic mass is 35.5. The maximum atomic E-state index is 14.5.